The molecule has 0 saturated carbocycles. The maximum atomic E-state index is 12.6. The number of aldehydes is 1. The number of hydrogen-bond acceptors (Lipinski definition) is 34. The number of hydroxylamine groups is 12. The highest BCUT2D eigenvalue weighted by atomic mass is 127. The van der Waals surface area contributed by atoms with Gasteiger partial charge in [0.25, 0.3) is 0 Å². The first kappa shape index (κ1) is 116. The van der Waals surface area contributed by atoms with Crippen molar-refractivity contribution in [3.05, 3.63) is 150 Å². The molecule has 7 N–H and O–H groups in total. The van der Waals surface area contributed by atoms with Crippen molar-refractivity contribution in [3.8, 4) is 0 Å². The highest BCUT2D eigenvalue weighted by Gasteiger charge is 2.54. The van der Waals surface area contributed by atoms with Crippen LogP contribution in [0.4, 0.5) is 28.8 Å². The zero-order chi connectivity index (χ0) is 106. The Balaban J connectivity index is 0.000000172. The lowest BCUT2D eigenvalue weighted by Gasteiger charge is -2.39. The summed E-state index contributed by atoms with van der Waals surface area (Å²) in [5.74, 6) is 3.18. The van der Waals surface area contributed by atoms with Gasteiger partial charge in [0, 0.05) is 40.6 Å². The molecule has 12 atom stereocenters. The minimum atomic E-state index is -4.95. The lowest BCUT2D eigenvalue weighted by Crippen LogP contribution is -2.50. The summed E-state index contributed by atoms with van der Waals surface area (Å²) in [4.78, 5) is 142. The number of piperidine rings is 6. The molecule has 0 aliphatic carbocycles. The molecule has 16 heterocycles. The van der Waals surface area contributed by atoms with Crippen LogP contribution in [0.25, 0.3) is 0 Å². The molecule has 4 aromatic heterocycles. The molecule has 0 radical (unpaired) electrons. The van der Waals surface area contributed by atoms with Crippen LogP contribution in [0.15, 0.2) is 113 Å². The number of rotatable bonds is 34. The summed E-state index contributed by atoms with van der Waals surface area (Å²) in [6.45, 7) is 18.9. The summed E-state index contributed by atoms with van der Waals surface area (Å²) in [5.41, 5.74) is 11.3. The van der Waals surface area contributed by atoms with E-state index in [1.54, 1.807) is 37.4 Å². The number of unbranched alkanes of at least 4 members (excludes halogenated alkanes) is 4. The quantitative estimate of drug-likeness (QED) is 0.00186. The highest BCUT2D eigenvalue weighted by molar-refractivity contribution is 14.1. The summed E-state index contributed by atoms with van der Waals surface area (Å²) in [6, 6.07) is 24.5. The third kappa shape index (κ3) is 33.4. The molecule has 12 aliphatic rings. The van der Waals surface area contributed by atoms with Crippen molar-refractivity contribution in [3.63, 3.8) is 0 Å². The molecule has 0 spiro atoms. The maximum Gasteiger partial charge on any atom is 0.450 e. The minimum Gasteiger partial charge on any atom is -0.724 e. The number of carbonyl (C=O) groups excluding carboxylic acids is 9. The number of hydrogen-bond donors (Lipinski definition) is 6. The largest absolute Gasteiger partial charge is 0.724 e. The molecule has 12 bridgehead atoms. The molecule has 58 heteroatoms. The van der Waals surface area contributed by atoms with Crippen LogP contribution in [0.1, 0.15) is 218 Å². The lowest BCUT2D eigenvalue weighted by atomic mass is 10.0. The number of urea groups is 6. The molecule has 3 aromatic carbocycles. The molecule has 19 rings (SSSR count). The van der Waals surface area contributed by atoms with Crippen LogP contribution < -0.4 is 16.6 Å². The average molecular weight is 2310 g/mol. The van der Waals surface area contributed by atoms with Gasteiger partial charge in [-0.25, -0.2) is 52.9 Å². The fourth-order valence-electron chi connectivity index (χ4n) is 18.6. The predicted octanol–water partition coefficient (Wildman–Crippen LogP) is 12.1. The van der Waals surface area contributed by atoms with E-state index in [-0.39, 0.29) is 91.0 Å². The molecule has 7 aromatic rings. The first-order valence-corrected chi connectivity index (χ1v) is 56.4. The number of nitrogens with zero attached hydrogens (tertiary/aromatic N) is 21. The van der Waals surface area contributed by atoms with E-state index < -0.39 is 61.9 Å². The number of carboxylic acids is 1. The van der Waals surface area contributed by atoms with Crippen LogP contribution in [0.2, 0.25) is 0 Å². The zero-order valence-corrected chi connectivity index (χ0v) is 89.6. The highest BCUT2D eigenvalue weighted by Crippen LogP contribution is 2.44. The Hall–Kier alpha value is -9.24. The molecule has 47 nitrogen and oxygen atoms in total. The first-order chi connectivity index (χ1) is 70.2. The van der Waals surface area contributed by atoms with Crippen LogP contribution >= 0.6 is 102 Å². The lowest BCUT2D eigenvalue weighted by molar-refractivity contribution is -0.929. The molecule has 145 heavy (non-hydrogen) atoms. The number of fused-ring (bicyclic) bond motifs is 12. The number of aromatic nitrogens is 8. The van der Waals surface area contributed by atoms with E-state index >= 15 is 0 Å². The van der Waals surface area contributed by atoms with Gasteiger partial charge in [0.15, 0.2) is 0 Å². The van der Waals surface area contributed by atoms with Gasteiger partial charge in [0.1, 0.15) is 80.3 Å². The summed E-state index contributed by atoms with van der Waals surface area (Å²) < 4.78 is 78.2. The number of hydrazine groups is 1. The second-order valence-electron chi connectivity index (χ2n) is 34.9. The van der Waals surface area contributed by atoms with E-state index in [4.69, 9.17) is 64.7 Å². The Morgan fingerprint density at radius 1 is 0.490 bits per heavy atom. The van der Waals surface area contributed by atoms with Crippen molar-refractivity contribution in [2.45, 2.75) is 248 Å². The van der Waals surface area contributed by atoms with E-state index in [1.807, 2.05) is 118 Å². The number of nitrogens with one attached hydrogen (secondary N) is 2. The van der Waals surface area contributed by atoms with Gasteiger partial charge in [-0.1, -0.05) is 167 Å². The molecular weight excluding hydrogens is 2190 g/mol. The van der Waals surface area contributed by atoms with Gasteiger partial charge in [-0.05, 0) is 124 Å². The smallest absolute Gasteiger partial charge is 0.450 e. The van der Waals surface area contributed by atoms with Crippen LogP contribution in [0.5, 0.6) is 0 Å². The predicted molar refractivity (Wildman–Crippen MR) is 542 cm³/mol. The third-order valence-corrected chi connectivity index (χ3v) is 29.4. The zero-order valence-electron chi connectivity index (χ0n) is 81.3. The monoisotopic (exact) mass is 2310 g/mol. The van der Waals surface area contributed by atoms with Crippen LogP contribution in [0, 0.1) is 0 Å². The summed E-state index contributed by atoms with van der Waals surface area (Å²) >= 11 is 22.0. The van der Waals surface area contributed by atoms with Crippen molar-refractivity contribution in [1.82, 2.24) is 111 Å². The Labute approximate surface area is 887 Å². The van der Waals surface area contributed by atoms with Gasteiger partial charge in [-0.3, -0.25) is 39.3 Å². The summed E-state index contributed by atoms with van der Waals surface area (Å²) in [7, 11) is -9.64. The summed E-state index contributed by atoms with van der Waals surface area (Å²) in [6.07, 6.45) is 20.4. The number of benzene rings is 3. The SMILES string of the molecule is CCCC[N+](CCCC)(CCCC)CCCC.ClB(Cl)Cl.NNC=O.O=C(O)[C@@H]1CC[C@@H]2CN1C(=O)N2OCc1ccccc1.O=C1N(O)[C@@H]2CC[C@@H](c3nncs3)N1C2.O=C1N2C[C@@H](CC[C@H]2c2nncs2)N1OCc1ccccc1.O=C1N2C[C@@H](CC[C@H]2c2nncs2)N1OS(=O)(=O)O.O=C1N2C[C@@H](CC[C@H]2c2nncs2)N1OS(=O)(=O)[O-].O=CCNC(=O)[C@@H]1CC[C@@H]2CN1C(=O)N2OCc1ccccc1.[2H]CI. The molecule has 12 fully saturated rings. The van der Waals surface area contributed by atoms with E-state index in [2.05, 4.69) is 88.2 Å². The van der Waals surface area contributed by atoms with Crippen molar-refractivity contribution in [2.24, 2.45) is 5.84 Å². The summed E-state index contributed by atoms with van der Waals surface area (Å²) in [5, 5.41) is 61.9. The Kier molecular flexibility index (Phi) is 46.9. The van der Waals surface area contributed by atoms with Crippen molar-refractivity contribution in [2.75, 3.05) is 76.9 Å². The van der Waals surface area contributed by atoms with Crippen LogP contribution in [-0.2, 0) is 82.9 Å². The number of aliphatic carboxylic acids is 1. The van der Waals surface area contributed by atoms with Crippen molar-refractivity contribution < 1.29 is 113 Å². The van der Waals surface area contributed by atoms with Gasteiger partial charge in [0.2, 0.25) is 22.7 Å². The molecule has 12 aliphatic heterocycles. The number of nitrogens with two attached hydrogens (primary N) is 1. The Bertz CT molecular complexity index is 5310. The molecular formula is C87H123BCl3IN24O23S6. The van der Waals surface area contributed by atoms with Gasteiger partial charge in [0.05, 0.1) is 93.1 Å². The molecule has 12 saturated heterocycles. The van der Waals surface area contributed by atoms with E-state index in [0.29, 0.717) is 143 Å². The normalized spacial score (nSPS) is 22.9. The van der Waals surface area contributed by atoms with E-state index in [0.717, 1.165) is 62.5 Å². The third-order valence-electron chi connectivity index (χ3n) is 25.6. The molecule has 796 valence electrons. The van der Waals surface area contributed by atoms with Gasteiger partial charge < -0.3 is 53.7 Å². The number of halogens is 4. The topological polar surface area (TPSA) is 561 Å². The molecule has 14 amide bonds. The fraction of sp³-hybridized carbons (Fsp3) is 0.586. The number of carbonyl (C=O) groups is 10. The number of carboxylic acid groups (broad SMARTS) is 1. The fourth-order valence-corrected chi connectivity index (χ4v) is 22.2. The van der Waals surface area contributed by atoms with E-state index in [1.165, 1.54) is 157 Å². The van der Waals surface area contributed by atoms with Gasteiger partial charge in [-0.2, -0.15) is 72.4 Å². The van der Waals surface area contributed by atoms with Gasteiger partial charge >= 0.3 is 57.5 Å². The number of quaternary nitrogens is 1. The average Bonchev–Trinajstić information content (AvgIpc) is 1.62. The number of alkyl halides is 1. The second-order valence-corrected chi connectivity index (χ2v) is 42.3. The minimum absolute atomic E-state index is 0.00148. The van der Waals surface area contributed by atoms with Crippen LogP contribution in [-0.4, -0.2) is 332 Å². The van der Waals surface area contributed by atoms with Gasteiger partial charge in [-0.15, -0.1) is 90.4 Å². The van der Waals surface area contributed by atoms with Crippen LogP contribution in [0.3, 0.4) is 0 Å². The standard InChI is InChI=1S/C16H19N3O4.C16H36N.C15H16N4O2S.C14H16N2O4.2C8H10N4O5S2.C8H10N4O2S.CH3I.CH4N2O.BCl3/c20-9-8-17-15(21)14-7-6-13-10-18(14)16(22)19(13)23-11-12-4-2-1-3-5-12;1-5-9-13-17(14-10-6-2,15-11-7-3)16-12-8-4;20-15-18-8-12(6-7-13(18)14-17-16-10-22-14)19(15)21-9-11-4-2-1-3-5-11;17-13(18)12-7-6-11-8-15(12)14(19)16(11)20-9-10-4-2-1-3-5-10;2*13-8-11-3-5(12(8)17-19(14,15)16)1-2-6(11)7-10-9-4-18-7;13-8-11-3-5(12(8)14)1-2-6(11)7-10-9-4-15-7;1-2;2-3-1-4;2-1(3)4/h1-5,9,13-14H,6-8,10-11H2,(H,17,21);5-16H2,1-4H3;1-5,10,12-13H,6-9H2;1-5,11-12H,6-9H2,(H,17,18);2*4-6H,1-3H2,(H,14,15,16);4-6,14H,1-3H2;1H3;1H,2H2,(H,3,4);/q;+1;;;;;;;;/p-1/t13-,14+;;12-,13+;11-,12+;3*5-,6+;;;/m1.11111.../s1/i;;;;;;;1D;;. The Morgan fingerprint density at radius 2 is 0.772 bits per heavy atom. The first-order valence-electron chi connectivity index (χ1n) is 48.0. The Morgan fingerprint density at radius 3 is 1.08 bits per heavy atom. The number of amides is 14. The van der Waals surface area contributed by atoms with Crippen molar-refractivity contribution in [1.29, 1.82) is 0 Å². The maximum absolute atomic E-state index is 12.6. The van der Waals surface area contributed by atoms with E-state index in [9.17, 15) is 69.7 Å². The second kappa shape index (κ2) is 58.7. The molecule has 0 unspecified atom stereocenters. The van der Waals surface area contributed by atoms with Crippen molar-refractivity contribution >= 4 is 189 Å².